The van der Waals surface area contributed by atoms with Gasteiger partial charge in [-0.05, 0) is 12.8 Å². The van der Waals surface area contributed by atoms with Crippen LogP contribution in [0, 0.1) is 0 Å². The molecule has 0 saturated carbocycles. The summed E-state index contributed by atoms with van der Waals surface area (Å²) >= 11 is 0. The summed E-state index contributed by atoms with van der Waals surface area (Å²) in [6, 6.07) is 3.80. The van der Waals surface area contributed by atoms with Crippen molar-refractivity contribution in [2.24, 2.45) is 0 Å². The molecule has 0 aliphatic rings. The highest BCUT2D eigenvalue weighted by Crippen LogP contribution is 2.39. The maximum atomic E-state index is 5.29. The van der Waals surface area contributed by atoms with Crippen molar-refractivity contribution in [1.29, 1.82) is 0 Å². The number of hydrogen-bond donors (Lipinski definition) is 1. The van der Waals surface area contributed by atoms with Crippen molar-refractivity contribution in [3.05, 3.63) is 24.8 Å². The molecule has 0 amide bonds. The van der Waals surface area contributed by atoms with Gasteiger partial charge in [-0.1, -0.05) is 6.08 Å². The van der Waals surface area contributed by atoms with E-state index in [1.807, 2.05) is 18.2 Å². The van der Waals surface area contributed by atoms with Gasteiger partial charge in [0.05, 0.1) is 21.3 Å². The highest BCUT2D eigenvalue weighted by Gasteiger charge is 2.12. The number of ether oxygens (including phenoxy) is 3. The molecule has 0 fully saturated rings. The third-order valence-corrected chi connectivity index (χ3v) is 2.58. The molecule has 0 aliphatic carbocycles. The van der Waals surface area contributed by atoms with E-state index in [1.165, 1.54) is 0 Å². The Labute approximate surface area is 109 Å². The largest absolute Gasteiger partial charge is 0.493 e. The van der Waals surface area contributed by atoms with Gasteiger partial charge in [0.25, 0.3) is 0 Å². The molecule has 0 spiro atoms. The number of methoxy groups -OCH3 is 3. The van der Waals surface area contributed by atoms with Crippen molar-refractivity contribution in [1.82, 2.24) is 0 Å². The lowest BCUT2D eigenvalue weighted by molar-refractivity contribution is 0.324. The molecule has 100 valence electrons. The van der Waals surface area contributed by atoms with Gasteiger partial charge >= 0.3 is 0 Å². The number of hydrogen-bond acceptors (Lipinski definition) is 4. The smallest absolute Gasteiger partial charge is 0.203 e. The fraction of sp³-hybridized carbons (Fsp3) is 0.429. The van der Waals surface area contributed by atoms with Gasteiger partial charge in [-0.2, -0.15) is 0 Å². The number of allylic oxidation sites excluding steroid dienone is 1. The molecule has 1 aromatic rings. The zero-order chi connectivity index (χ0) is 13.4. The molecule has 0 radical (unpaired) electrons. The Morgan fingerprint density at radius 2 is 1.72 bits per heavy atom. The number of nitrogens with one attached hydrogen (secondary N) is 1. The molecule has 0 atom stereocenters. The standard InChI is InChI=1S/C14H21NO3/c1-5-6-7-8-15-11-9-12(16-2)14(18-4)13(10-11)17-3/h5,9-10,15H,1,6-8H2,2-4H3. The Morgan fingerprint density at radius 3 is 2.17 bits per heavy atom. The van der Waals surface area contributed by atoms with Gasteiger partial charge in [-0.3, -0.25) is 0 Å². The summed E-state index contributed by atoms with van der Waals surface area (Å²) in [4.78, 5) is 0. The zero-order valence-corrected chi connectivity index (χ0v) is 11.3. The van der Waals surface area contributed by atoms with Gasteiger partial charge in [-0.25, -0.2) is 0 Å². The summed E-state index contributed by atoms with van der Waals surface area (Å²) in [7, 11) is 4.81. The number of rotatable bonds is 8. The Bertz CT molecular complexity index is 366. The summed E-state index contributed by atoms with van der Waals surface area (Å²) in [5.74, 6) is 1.92. The monoisotopic (exact) mass is 251 g/mol. The molecule has 0 heterocycles. The fourth-order valence-corrected chi connectivity index (χ4v) is 1.66. The SMILES string of the molecule is C=CCCCNc1cc(OC)c(OC)c(OC)c1. The Morgan fingerprint density at radius 1 is 1.11 bits per heavy atom. The van der Waals surface area contributed by atoms with E-state index in [0.717, 1.165) is 25.1 Å². The van der Waals surface area contributed by atoms with Crippen molar-refractivity contribution in [3.63, 3.8) is 0 Å². The average Bonchev–Trinajstić information content (AvgIpc) is 2.42. The molecule has 1 rings (SSSR count). The first-order valence-corrected chi connectivity index (χ1v) is 5.91. The highest BCUT2D eigenvalue weighted by atomic mass is 16.5. The molecule has 4 nitrogen and oxygen atoms in total. The predicted molar refractivity (Wildman–Crippen MR) is 74.0 cm³/mol. The van der Waals surface area contributed by atoms with Gasteiger partial charge in [0.2, 0.25) is 5.75 Å². The highest BCUT2D eigenvalue weighted by molar-refractivity contribution is 5.62. The van der Waals surface area contributed by atoms with Crippen LogP contribution in [0.5, 0.6) is 17.2 Å². The summed E-state index contributed by atoms with van der Waals surface area (Å²) < 4.78 is 15.8. The van der Waals surface area contributed by atoms with Gasteiger partial charge in [0, 0.05) is 24.4 Å². The second-order valence-corrected chi connectivity index (χ2v) is 3.77. The second-order valence-electron chi connectivity index (χ2n) is 3.77. The summed E-state index contributed by atoms with van der Waals surface area (Å²) in [5.41, 5.74) is 0.952. The van der Waals surface area contributed by atoms with Crippen LogP contribution in [0.2, 0.25) is 0 Å². The van der Waals surface area contributed by atoms with E-state index >= 15 is 0 Å². The topological polar surface area (TPSA) is 39.7 Å². The van der Waals surface area contributed by atoms with Crippen LogP contribution in [0.1, 0.15) is 12.8 Å². The van der Waals surface area contributed by atoms with Crippen LogP contribution < -0.4 is 19.5 Å². The van der Waals surface area contributed by atoms with Crippen LogP contribution in [0.3, 0.4) is 0 Å². The van der Waals surface area contributed by atoms with Gasteiger partial charge < -0.3 is 19.5 Å². The first-order chi connectivity index (χ1) is 8.76. The number of unbranched alkanes of at least 4 members (excludes halogenated alkanes) is 1. The van der Waals surface area contributed by atoms with E-state index in [0.29, 0.717) is 17.2 Å². The van der Waals surface area contributed by atoms with E-state index in [9.17, 15) is 0 Å². The van der Waals surface area contributed by atoms with Crippen molar-refractivity contribution in [2.45, 2.75) is 12.8 Å². The molecule has 0 saturated heterocycles. The van der Waals surface area contributed by atoms with Crippen molar-refractivity contribution in [2.75, 3.05) is 33.2 Å². The molecule has 0 bridgehead atoms. The first-order valence-electron chi connectivity index (χ1n) is 5.91. The van der Waals surface area contributed by atoms with E-state index < -0.39 is 0 Å². The Balaban J connectivity index is 2.82. The molecule has 18 heavy (non-hydrogen) atoms. The maximum absolute atomic E-state index is 5.29. The quantitative estimate of drug-likeness (QED) is 0.569. The summed E-state index contributed by atoms with van der Waals surface area (Å²) in [5, 5.41) is 3.32. The van der Waals surface area contributed by atoms with E-state index in [1.54, 1.807) is 21.3 Å². The molecule has 0 unspecified atom stereocenters. The maximum Gasteiger partial charge on any atom is 0.203 e. The van der Waals surface area contributed by atoms with Crippen LogP contribution >= 0.6 is 0 Å². The summed E-state index contributed by atoms with van der Waals surface area (Å²) in [6.07, 6.45) is 3.95. The minimum absolute atomic E-state index is 0.608. The van der Waals surface area contributed by atoms with Gasteiger partial charge in [0.15, 0.2) is 11.5 Å². The Hall–Kier alpha value is -1.84. The van der Waals surface area contributed by atoms with E-state index in [4.69, 9.17) is 14.2 Å². The third kappa shape index (κ3) is 3.58. The van der Waals surface area contributed by atoms with Crippen molar-refractivity contribution in [3.8, 4) is 17.2 Å². The van der Waals surface area contributed by atoms with Crippen molar-refractivity contribution < 1.29 is 14.2 Å². The molecular formula is C14H21NO3. The second kappa shape index (κ2) is 7.48. The van der Waals surface area contributed by atoms with Crippen LogP contribution in [-0.4, -0.2) is 27.9 Å². The zero-order valence-electron chi connectivity index (χ0n) is 11.3. The number of anilines is 1. The van der Waals surface area contributed by atoms with Gasteiger partial charge in [-0.15, -0.1) is 6.58 Å². The molecule has 1 aromatic carbocycles. The van der Waals surface area contributed by atoms with E-state index in [-0.39, 0.29) is 0 Å². The van der Waals surface area contributed by atoms with Crippen LogP contribution in [0.15, 0.2) is 24.8 Å². The lowest BCUT2D eigenvalue weighted by atomic mass is 10.2. The van der Waals surface area contributed by atoms with Gasteiger partial charge in [0.1, 0.15) is 0 Å². The fourth-order valence-electron chi connectivity index (χ4n) is 1.66. The average molecular weight is 251 g/mol. The van der Waals surface area contributed by atoms with Crippen LogP contribution in [0.25, 0.3) is 0 Å². The third-order valence-electron chi connectivity index (χ3n) is 2.58. The lowest BCUT2D eigenvalue weighted by Crippen LogP contribution is -2.03. The predicted octanol–water partition coefficient (Wildman–Crippen LogP) is 3.09. The molecule has 0 aliphatic heterocycles. The minimum atomic E-state index is 0.608. The van der Waals surface area contributed by atoms with E-state index in [2.05, 4.69) is 11.9 Å². The molecule has 4 heteroatoms. The normalized spacial score (nSPS) is 9.72. The molecule has 1 N–H and O–H groups in total. The lowest BCUT2D eigenvalue weighted by Gasteiger charge is -2.14. The minimum Gasteiger partial charge on any atom is -0.493 e. The summed E-state index contributed by atoms with van der Waals surface area (Å²) in [6.45, 7) is 4.58. The van der Waals surface area contributed by atoms with Crippen molar-refractivity contribution >= 4 is 5.69 Å². The molecular weight excluding hydrogens is 230 g/mol. The Kier molecular flexibility index (Phi) is 5.91. The van der Waals surface area contributed by atoms with Crippen LogP contribution in [0.4, 0.5) is 5.69 Å². The van der Waals surface area contributed by atoms with Crippen LogP contribution in [-0.2, 0) is 0 Å². The first kappa shape index (κ1) is 14.2. The number of benzene rings is 1. The molecule has 0 aromatic heterocycles.